The third kappa shape index (κ3) is 5.18. The fourth-order valence-electron chi connectivity index (χ4n) is 2.65. The van der Waals surface area contributed by atoms with Gasteiger partial charge in [0.1, 0.15) is 11.4 Å². The minimum absolute atomic E-state index is 0.0303. The zero-order valence-electron chi connectivity index (χ0n) is 16.1. The van der Waals surface area contributed by atoms with Gasteiger partial charge in [0.05, 0.1) is 21.7 Å². The Morgan fingerprint density at radius 3 is 2.59 bits per heavy atom. The molecule has 0 aliphatic carbocycles. The fraction of sp³-hybridized carbons (Fsp3) is 0.250. The van der Waals surface area contributed by atoms with Crippen molar-refractivity contribution in [3.63, 3.8) is 0 Å². The van der Waals surface area contributed by atoms with E-state index in [1.54, 1.807) is 24.3 Å². The second-order valence-electron chi connectivity index (χ2n) is 6.75. The number of carbonyl (C=O) groups is 1. The van der Waals surface area contributed by atoms with Crippen LogP contribution >= 0.6 is 11.3 Å². The first-order chi connectivity index (χ1) is 13.6. The van der Waals surface area contributed by atoms with Gasteiger partial charge in [-0.2, -0.15) is 0 Å². The molecule has 0 saturated heterocycles. The summed E-state index contributed by atoms with van der Waals surface area (Å²) < 4.78 is 29.7. The van der Waals surface area contributed by atoms with Gasteiger partial charge < -0.3 is 9.84 Å². The highest BCUT2D eigenvalue weighted by Gasteiger charge is 2.15. The van der Waals surface area contributed by atoms with Crippen LogP contribution in [0.5, 0.6) is 5.75 Å². The predicted octanol–water partition coefficient (Wildman–Crippen LogP) is 3.68. The number of hydrogen-bond donors (Lipinski definition) is 1. The molecule has 2 heterocycles. The highest BCUT2D eigenvalue weighted by atomic mass is 32.2. The minimum atomic E-state index is -3.34. The molecule has 0 unspecified atom stereocenters. The highest BCUT2D eigenvalue weighted by Crippen LogP contribution is 2.29. The van der Waals surface area contributed by atoms with Gasteiger partial charge in [-0.15, -0.1) is 11.3 Å². The Morgan fingerprint density at radius 2 is 2.00 bits per heavy atom. The molecule has 9 heteroatoms. The Hall–Kier alpha value is -2.78. The Morgan fingerprint density at radius 1 is 1.24 bits per heavy atom. The van der Waals surface area contributed by atoms with Gasteiger partial charge >= 0.3 is 5.97 Å². The number of hydrogen-bond acceptors (Lipinski definition) is 7. The Labute approximate surface area is 173 Å². The van der Waals surface area contributed by atoms with E-state index in [4.69, 9.17) is 9.84 Å². The van der Waals surface area contributed by atoms with E-state index in [2.05, 4.69) is 9.97 Å². The van der Waals surface area contributed by atoms with Gasteiger partial charge in [-0.1, -0.05) is 0 Å². The first kappa shape index (κ1) is 20.9. The van der Waals surface area contributed by atoms with Crippen molar-refractivity contribution >= 4 is 27.1 Å². The minimum Gasteiger partial charge on any atom is -0.491 e. The first-order valence-electron chi connectivity index (χ1n) is 8.77. The number of aromatic carboxylic acids is 1. The molecule has 0 radical (unpaired) electrons. The molecular formula is C20H20N2O5S2. The van der Waals surface area contributed by atoms with E-state index in [1.165, 1.54) is 29.9 Å². The summed E-state index contributed by atoms with van der Waals surface area (Å²) in [7, 11) is -3.34. The van der Waals surface area contributed by atoms with Gasteiger partial charge in [-0.3, -0.25) is 0 Å². The lowest BCUT2D eigenvalue weighted by molar-refractivity contribution is 0.0690. The summed E-state index contributed by atoms with van der Waals surface area (Å²) >= 11 is 1.43. The van der Waals surface area contributed by atoms with Crippen molar-refractivity contribution in [3.8, 4) is 17.0 Å². The number of aromatic nitrogens is 2. The van der Waals surface area contributed by atoms with Crippen molar-refractivity contribution in [2.75, 3.05) is 6.26 Å². The number of rotatable bonds is 7. The summed E-state index contributed by atoms with van der Waals surface area (Å²) in [5.41, 5.74) is 2.10. The van der Waals surface area contributed by atoms with E-state index in [0.717, 1.165) is 10.6 Å². The number of pyridine rings is 1. The van der Waals surface area contributed by atoms with Gasteiger partial charge in [0.15, 0.2) is 9.84 Å². The molecule has 1 N–H and O–H groups in total. The molecule has 29 heavy (non-hydrogen) atoms. The summed E-state index contributed by atoms with van der Waals surface area (Å²) in [5, 5.41) is 11.6. The van der Waals surface area contributed by atoms with Crippen LogP contribution in [0, 0.1) is 0 Å². The standard InChI is InChI=1S/C20H20N2O5S2/c1-12(2)27-18-7-5-15(29(3,25)26)8-14(18)9-19-22-17(11-28-19)13-4-6-16(20(23)24)21-10-13/h4-8,10-12H,9H2,1-3H3,(H,23,24). The molecule has 0 atom stereocenters. The van der Waals surface area contributed by atoms with Gasteiger partial charge in [-0.25, -0.2) is 23.2 Å². The van der Waals surface area contributed by atoms with E-state index in [-0.39, 0.29) is 16.7 Å². The van der Waals surface area contributed by atoms with Gasteiger partial charge in [0, 0.05) is 35.4 Å². The summed E-state index contributed by atoms with van der Waals surface area (Å²) in [6.45, 7) is 3.81. The highest BCUT2D eigenvalue weighted by molar-refractivity contribution is 7.90. The first-order valence-corrected chi connectivity index (χ1v) is 11.5. The maximum absolute atomic E-state index is 11.9. The van der Waals surface area contributed by atoms with Gasteiger partial charge in [-0.05, 0) is 44.2 Å². The monoisotopic (exact) mass is 432 g/mol. The second kappa shape index (κ2) is 8.30. The molecule has 152 valence electrons. The molecule has 0 amide bonds. The normalized spacial score (nSPS) is 11.6. The van der Waals surface area contributed by atoms with E-state index in [1.807, 2.05) is 19.2 Å². The number of benzene rings is 1. The molecule has 2 aromatic heterocycles. The maximum atomic E-state index is 11.9. The average Bonchev–Trinajstić information content (AvgIpc) is 3.10. The van der Waals surface area contributed by atoms with Gasteiger partial charge in [0.2, 0.25) is 0 Å². The zero-order chi connectivity index (χ0) is 21.2. The smallest absolute Gasteiger partial charge is 0.354 e. The van der Waals surface area contributed by atoms with Crippen LogP contribution < -0.4 is 4.74 Å². The Bertz CT molecular complexity index is 1140. The van der Waals surface area contributed by atoms with Crippen LogP contribution in [0.2, 0.25) is 0 Å². The summed E-state index contributed by atoms with van der Waals surface area (Å²) in [6, 6.07) is 7.93. The molecule has 0 spiro atoms. The fourth-order valence-corrected chi connectivity index (χ4v) is 4.15. The van der Waals surface area contributed by atoms with Crippen molar-refractivity contribution in [2.24, 2.45) is 0 Å². The Kier molecular flexibility index (Phi) is 5.99. The van der Waals surface area contributed by atoms with Crippen LogP contribution in [0.4, 0.5) is 0 Å². The molecule has 1 aromatic carbocycles. The maximum Gasteiger partial charge on any atom is 0.354 e. The largest absolute Gasteiger partial charge is 0.491 e. The van der Waals surface area contributed by atoms with E-state index in [9.17, 15) is 13.2 Å². The number of ether oxygens (including phenoxy) is 1. The molecule has 7 nitrogen and oxygen atoms in total. The molecular weight excluding hydrogens is 412 g/mol. The summed E-state index contributed by atoms with van der Waals surface area (Å²) in [4.78, 5) is 19.7. The molecule has 0 saturated carbocycles. The topological polar surface area (TPSA) is 106 Å². The van der Waals surface area contributed by atoms with Crippen LogP contribution in [0.1, 0.15) is 34.9 Å². The SMILES string of the molecule is CC(C)Oc1ccc(S(C)(=O)=O)cc1Cc1nc(-c2ccc(C(=O)O)nc2)cs1. The third-order valence-electron chi connectivity index (χ3n) is 3.99. The molecule has 3 aromatic rings. The molecule has 0 fully saturated rings. The predicted molar refractivity (Wildman–Crippen MR) is 110 cm³/mol. The van der Waals surface area contributed by atoms with Crippen molar-refractivity contribution < 1.29 is 23.1 Å². The summed E-state index contributed by atoms with van der Waals surface area (Å²) in [5.74, 6) is -0.462. The van der Waals surface area contributed by atoms with Crippen LogP contribution in [0.25, 0.3) is 11.3 Å². The van der Waals surface area contributed by atoms with Crippen LogP contribution in [-0.4, -0.2) is 41.8 Å². The van der Waals surface area contributed by atoms with Crippen LogP contribution in [0.3, 0.4) is 0 Å². The molecule has 0 aliphatic heterocycles. The Balaban J connectivity index is 1.90. The zero-order valence-corrected chi connectivity index (χ0v) is 17.8. The lowest BCUT2D eigenvalue weighted by Gasteiger charge is -2.14. The number of nitrogens with zero attached hydrogens (tertiary/aromatic N) is 2. The van der Waals surface area contributed by atoms with Crippen LogP contribution in [0.15, 0.2) is 46.8 Å². The molecule has 3 rings (SSSR count). The van der Waals surface area contributed by atoms with E-state index in [0.29, 0.717) is 23.4 Å². The molecule has 0 aliphatic rings. The van der Waals surface area contributed by atoms with Gasteiger partial charge in [0.25, 0.3) is 0 Å². The van der Waals surface area contributed by atoms with Crippen molar-refractivity contribution in [1.29, 1.82) is 0 Å². The van der Waals surface area contributed by atoms with Crippen molar-refractivity contribution in [2.45, 2.75) is 31.3 Å². The number of carboxylic acids is 1. The van der Waals surface area contributed by atoms with Crippen molar-refractivity contribution in [3.05, 3.63) is 58.2 Å². The third-order valence-corrected chi connectivity index (χ3v) is 5.95. The van der Waals surface area contributed by atoms with Crippen molar-refractivity contribution in [1.82, 2.24) is 9.97 Å². The lowest BCUT2D eigenvalue weighted by Crippen LogP contribution is -2.09. The number of carboxylic acid groups (broad SMARTS) is 1. The quantitative estimate of drug-likeness (QED) is 0.607. The summed E-state index contributed by atoms with van der Waals surface area (Å²) in [6.07, 6.45) is 3.00. The lowest BCUT2D eigenvalue weighted by atomic mass is 10.1. The van der Waals surface area contributed by atoms with E-state index < -0.39 is 15.8 Å². The number of sulfone groups is 1. The van der Waals surface area contributed by atoms with Crippen LogP contribution in [-0.2, 0) is 16.3 Å². The number of thiazole rings is 1. The van der Waals surface area contributed by atoms with E-state index >= 15 is 0 Å². The average molecular weight is 433 g/mol. The molecule has 0 bridgehead atoms. The second-order valence-corrected chi connectivity index (χ2v) is 9.71.